The lowest BCUT2D eigenvalue weighted by atomic mass is 10.00. The molecule has 0 aliphatic heterocycles. The van der Waals surface area contributed by atoms with Crippen LogP contribution < -0.4 is 0 Å². The molecule has 4 heteroatoms. The minimum atomic E-state index is -1.01. The molecule has 3 nitrogen and oxygen atoms in total. The number of aromatic nitrogens is 1. The second-order valence-electron chi connectivity index (χ2n) is 6.33. The SMILES string of the molecule is Cc1cc(CN(C)S(=O)C(C)(C)C)ncc1C(C)C. The molecule has 19 heavy (non-hydrogen) atoms. The summed E-state index contributed by atoms with van der Waals surface area (Å²) in [7, 11) is 0.874. The Morgan fingerprint density at radius 2 is 1.95 bits per heavy atom. The second-order valence-corrected chi connectivity index (χ2v) is 8.68. The van der Waals surface area contributed by atoms with Gasteiger partial charge in [-0.25, -0.2) is 8.51 Å². The van der Waals surface area contributed by atoms with Crippen molar-refractivity contribution in [2.45, 2.75) is 58.8 Å². The predicted octanol–water partition coefficient (Wildman–Crippen LogP) is 3.41. The van der Waals surface area contributed by atoms with Crippen molar-refractivity contribution in [2.75, 3.05) is 7.05 Å². The molecule has 0 spiro atoms. The zero-order chi connectivity index (χ0) is 14.8. The normalized spacial score (nSPS) is 14.2. The Morgan fingerprint density at radius 3 is 2.37 bits per heavy atom. The van der Waals surface area contributed by atoms with E-state index in [1.54, 1.807) is 0 Å². The molecule has 1 heterocycles. The van der Waals surface area contributed by atoms with Crippen molar-refractivity contribution in [3.8, 4) is 0 Å². The van der Waals surface area contributed by atoms with Crippen LogP contribution in [0.15, 0.2) is 12.3 Å². The van der Waals surface area contributed by atoms with Crippen LogP contribution in [0.3, 0.4) is 0 Å². The first kappa shape index (κ1) is 16.3. The first-order valence-electron chi connectivity index (χ1n) is 6.71. The van der Waals surface area contributed by atoms with Gasteiger partial charge in [0.05, 0.1) is 28.0 Å². The van der Waals surface area contributed by atoms with Gasteiger partial charge in [-0.3, -0.25) is 4.98 Å². The van der Waals surface area contributed by atoms with Gasteiger partial charge in [0.25, 0.3) is 0 Å². The maximum atomic E-state index is 12.2. The molecule has 0 saturated carbocycles. The van der Waals surface area contributed by atoms with Crippen LogP contribution in [0.25, 0.3) is 0 Å². The lowest BCUT2D eigenvalue weighted by Gasteiger charge is -2.25. The average Bonchev–Trinajstić information content (AvgIpc) is 2.26. The van der Waals surface area contributed by atoms with E-state index in [4.69, 9.17) is 0 Å². The standard InChI is InChI=1S/C15H26N2OS/c1-11(2)14-9-16-13(8-12(14)3)10-17(7)19(18)15(4,5)6/h8-9,11H,10H2,1-7H3. The topological polar surface area (TPSA) is 33.2 Å². The molecule has 0 aliphatic rings. The lowest BCUT2D eigenvalue weighted by Crippen LogP contribution is -2.34. The van der Waals surface area contributed by atoms with Gasteiger partial charge in [0.2, 0.25) is 0 Å². The van der Waals surface area contributed by atoms with Gasteiger partial charge < -0.3 is 0 Å². The molecule has 1 unspecified atom stereocenters. The van der Waals surface area contributed by atoms with E-state index in [2.05, 4.69) is 31.8 Å². The molecule has 0 aromatic carbocycles. The molecule has 0 fully saturated rings. The first-order valence-corrected chi connectivity index (χ1v) is 7.82. The van der Waals surface area contributed by atoms with Crippen molar-refractivity contribution in [3.05, 3.63) is 29.1 Å². The van der Waals surface area contributed by atoms with E-state index in [9.17, 15) is 4.21 Å². The van der Waals surface area contributed by atoms with Crippen LogP contribution >= 0.6 is 0 Å². The highest BCUT2D eigenvalue weighted by molar-refractivity contribution is 7.84. The monoisotopic (exact) mass is 282 g/mol. The van der Waals surface area contributed by atoms with Crippen molar-refractivity contribution >= 4 is 11.0 Å². The number of pyridine rings is 1. The van der Waals surface area contributed by atoms with Crippen molar-refractivity contribution in [3.63, 3.8) is 0 Å². The van der Waals surface area contributed by atoms with Crippen LogP contribution in [0, 0.1) is 6.92 Å². The van der Waals surface area contributed by atoms with E-state index < -0.39 is 11.0 Å². The summed E-state index contributed by atoms with van der Waals surface area (Å²) in [5, 5.41) is 0. The van der Waals surface area contributed by atoms with Crippen molar-refractivity contribution in [2.24, 2.45) is 0 Å². The van der Waals surface area contributed by atoms with E-state index >= 15 is 0 Å². The van der Waals surface area contributed by atoms with Crippen LogP contribution in [0.4, 0.5) is 0 Å². The summed E-state index contributed by atoms with van der Waals surface area (Å²) in [5.74, 6) is 0.489. The van der Waals surface area contributed by atoms with E-state index in [1.807, 2.05) is 38.3 Å². The summed E-state index contributed by atoms with van der Waals surface area (Å²) < 4.78 is 13.9. The third-order valence-corrected chi connectivity index (χ3v) is 4.76. The van der Waals surface area contributed by atoms with Gasteiger partial charge in [0.15, 0.2) is 0 Å². The zero-order valence-corrected chi connectivity index (χ0v) is 14.0. The third-order valence-electron chi connectivity index (χ3n) is 3.02. The Hall–Kier alpha value is -0.740. The van der Waals surface area contributed by atoms with Gasteiger partial charge in [0.1, 0.15) is 0 Å². The van der Waals surface area contributed by atoms with Crippen LogP contribution in [0.2, 0.25) is 0 Å². The minimum absolute atomic E-state index is 0.234. The van der Waals surface area contributed by atoms with E-state index in [0.29, 0.717) is 12.5 Å². The fraction of sp³-hybridized carbons (Fsp3) is 0.667. The highest BCUT2D eigenvalue weighted by atomic mass is 32.2. The Labute approximate surface area is 120 Å². The molecule has 0 bridgehead atoms. The van der Waals surface area contributed by atoms with Crippen LogP contribution in [0.5, 0.6) is 0 Å². The Morgan fingerprint density at radius 1 is 1.37 bits per heavy atom. The second kappa shape index (κ2) is 6.14. The van der Waals surface area contributed by atoms with E-state index in [1.165, 1.54) is 11.1 Å². The molecule has 108 valence electrons. The van der Waals surface area contributed by atoms with Gasteiger partial charge in [-0.1, -0.05) is 13.8 Å². The molecule has 0 aliphatic carbocycles. The number of hydrogen-bond acceptors (Lipinski definition) is 2. The number of rotatable bonds is 4. The third kappa shape index (κ3) is 4.39. The maximum Gasteiger partial charge on any atom is 0.0998 e. The molecular weight excluding hydrogens is 256 g/mol. The molecule has 1 aromatic rings. The fourth-order valence-corrected chi connectivity index (χ4v) is 3.25. The van der Waals surface area contributed by atoms with Gasteiger partial charge in [-0.2, -0.15) is 0 Å². The highest BCUT2D eigenvalue weighted by Crippen LogP contribution is 2.20. The van der Waals surface area contributed by atoms with Gasteiger partial charge in [0, 0.05) is 13.2 Å². The molecule has 0 saturated heterocycles. The smallest absolute Gasteiger partial charge is 0.0998 e. The zero-order valence-electron chi connectivity index (χ0n) is 13.2. The summed E-state index contributed by atoms with van der Waals surface area (Å²) >= 11 is 0. The Kier molecular flexibility index (Phi) is 5.27. The first-order chi connectivity index (χ1) is 8.62. The van der Waals surface area contributed by atoms with Gasteiger partial charge in [-0.15, -0.1) is 0 Å². The van der Waals surface area contributed by atoms with Crippen molar-refractivity contribution in [1.82, 2.24) is 9.29 Å². The van der Waals surface area contributed by atoms with Gasteiger partial charge in [-0.05, 0) is 50.8 Å². The molecule has 1 aromatic heterocycles. The molecular formula is C15H26N2OS. The summed E-state index contributed by atoms with van der Waals surface area (Å²) in [6, 6.07) is 2.10. The minimum Gasteiger partial charge on any atom is -0.260 e. The van der Waals surface area contributed by atoms with E-state index in [0.717, 1.165) is 5.69 Å². The molecule has 0 radical (unpaired) electrons. The van der Waals surface area contributed by atoms with Crippen molar-refractivity contribution in [1.29, 1.82) is 0 Å². The maximum absolute atomic E-state index is 12.2. The van der Waals surface area contributed by atoms with E-state index in [-0.39, 0.29) is 4.75 Å². The number of nitrogens with zero attached hydrogens (tertiary/aromatic N) is 2. The van der Waals surface area contributed by atoms with Crippen LogP contribution in [-0.2, 0) is 17.5 Å². The molecule has 0 N–H and O–H groups in total. The molecule has 1 atom stereocenters. The van der Waals surface area contributed by atoms with Crippen LogP contribution in [-0.4, -0.2) is 25.3 Å². The summed E-state index contributed by atoms with van der Waals surface area (Å²) in [5.41, 5.74) is 3.51. The summed E-state index contributed by atoms with van der Waals surface area (Å²) in [6.45, 7) is 13.0. The predicted molar refractivity (Wildman–Crippen MR) is 82.4 cm³/mol. The Bertz CT molecular complexity index is 464. The van der Waals surface area contributed by atoms with Gasteiger partial charge >= 0.3 is 0 Å². The lowest BCUT2D eigenvalue weighted by molar-refractivity contribution is 0.492. The van der Waals surface area contributed by atoms with Crippen molar-refractivity contribution < 1.29 is 4.21 Å². The molecule has 1 rings (SSSR count). The summed E-state index contributed by atoms with van der Waals surface area (Å²) in [6.07, 6.45) is 1.95. The number of aryl methyl sites for hydroxylation is 1. The quantitative estimate of drug-likeness (QED) is 0.848. The Balaban J connectivity index is 2.84. The summed E-state index contributed by atoms with van der Waals surface area (Å²) in [4.78, 5) is 4.49. The fourth-order valence-electron chi connectivity index (χ4n) is 2.07. The highest BCUT2D eigenvalue weighted by Gasteiger charge is 2.24. The average molecular weight is 282 g/mol. The van der Waals surface area contributed by atoms with Crippen LogP contribution in [0.1, 0.15) is 57.4 Å². The largest absolute Gasteiger partial charge is 0.260 e. The number of hydrogen-bond donors (Lipinski definition) is 0. The molecule has 0 amide bonds.